The number of ether oxygens (including phenoxy) is 1. The van der Waals surface area contributed by atoms with E-state index in [1.807, 2.05) is 34.8 Å². The molecule has 2 N–H and O–H groups in total. The molecular formula is C24H28ClFN6O2. The standard InChI is InChI=1S/C24H28ClFN6O2/c1-13-21(9-28-32(13)15-2-3-15)30-24-27-8-14-6-18(25)17(7-20(14)29-24)16-4-5-31(10-19(16)26)22-11-34-12-23(22)33/h6-9,15-16,19,22-23,33H,2-5,10-12H2,1H3,(H,27,29,30)/t16-,19+,22?,23-/m0/s1. The van der Waals surface area contributed by atoms with Gasteiger partial charge in [-0.05, 0) is 50.4 Å². The van der Waals surface area contributed by atoms with Crippen molar-refractivity contribution in [3.8, 4) is 0 Å². The molecule has 4 atom stereocenters. The SMILES string of the molecule is Cc1c(Nc2ncc3cc(Cl)c([C@@H]4CCN(C5COC[C@@H]5O)C[C@H]4F)cc3n2)cnn1C1CC1. The normalized spacial score (nSPS) is 28.0. The van der Waals surface area contributed by atoms with Gasteiger partial charge in [-0.25, -0.2) is 14.4 Å². The van der Waals surface area contributed by atoms with E-state index in [0.717, 1.165) is 27.8 Å². The summed E-state index contributed by atoms with van der Waals surface area (Å²) in [5, 5.41) is 19.2. The molecule has 0 amide bonds. The number of likely N-dealkylation sites (tertiary alicyclic amines) is 1. The van der Waals surface area contributed by atoms with E-state index in [0.29, 0.717) is 43.2 Å². The molecule has 0 spiro atoms. The quantitative estimate of drug-likeness (QED) is 0.567. The first-order valence-corrected chi connectivity index (χ1v) is 12.3. The van der Waals surface area contributed by atoms with Crippen LogP contribution < -0.4 is 5.32 Å². The first kappa shape index (κ1) is 22.2. The minimum atomic E-state index is -1.09. The molecule has 1 unspecified atom stereocenters. The highest BCUT2D eigenvalue weighted by Crippen LogP contribution is 2.39. The van der Waals surface area contributed by atoms with Crippen LogP contribution in [0, 0.1) is 6.92 Å². The predicted octanol–water partition coefficient (Wildman–Crippen LogP) is 3.75. The molecule has 34 heavy (non-hydrogen) atoms. The van der Waals surface area contributed by atoms with Crippen LogP contribution in [-0.2, 0) is 4.74 Å². The summed E-state index contributed by atoms with van der Waals surface area (Å²) >= 11 is 6.59. The Hall–Kier alpha value is -2.33. The van der Waals surface area contributed by atoms with E-state index >= 15 is 4.39 Å². The van der Waals surface area contributed by atoms with Gasteiger partial charge in [0.05, 0.1) is 54.5 Å². The second kappa shape index (κ2) is 8.71. The van der Waals surface area contributed by atoms with Gasteiger partial charge in [-0.2, -0.15) is 5.10 Å². The van der Waals surface area contributed by atoms with Crippen molar-refractivity contribution < 1.29 is 14.2 Å². The highest BCUT2D eigenvalue weighted by Gasteiger charge is 2.39. The number of anilines is 2. The van der Waals surface area contributed by atoms with Crippen molar-refractivity contribution in [1.29, 1.82) is 0 Å². The maximum atomic E-state index is 15.4. The number of hydrogen-bond donors (Lipinski definition) is 2. The van der Waals surface area contributed by atoms with Crippen molar-refractivity contribution in [3.63, 3.8) is 0 Å². The van der Waals surface area contributed by atoms with Crippen LogP contribution in [0.3, 0.4) is 0 Å². The number of nitrogens with zero attached hydrogens (tertiary/aromatic N) is 5. The highest BCUT2D eigenvalue weighted by molar-refractivity contribution is 6.32. The van der Waals surface area contributed by atoms with Crippen molar-refractivity contribution >= 4 is 34.1 Å². The number of fused-ring (bicyclic) bond motifs is 1. The lowest BCUT2D eigenvalue weighted by Crippen LogP contribution is -2.50. The van der Waals surface area contributed by atoms with Gasteiger partial charge in [-0.1, -0.05) is 11.6 Å². The van der Waals surface area contributed by atoms with E-state index in [1.165, 1.54) is 12.8 Å². The Balaban J connectivity index is 1.23. The number of rotatable bonds is 5. The van der Waals surface area contributed by atoms with Crippen LogP contribution in [0.2, 0.25) is 5.02 Å². The molecule has 0 radical (unpaired) electrons. The van der Waals surface area contributed by atoms with Crippen molar-refractivity contribution in [2.45, 2.75) is 56.5 Å². The zero-order chi connectivity index (χ0) is 23.4. The molecule has 2 aliphatic heterocycles. The Morgan fingerprint density at radius 3 is 2.79 bits per heavy atom. The summed E-state index contributed by atoms with van der Waals surface area (Å²) in [6.07, 6.45) is 4.84. The van der Waals surface area contributed by atoms with Gasteiger partial charge in [0.1, 0.15) is 6.17 Å². The zero-order valence-corrected chi connectivity index (χ0v) is 19.7. The van der Waals surface area contributed by atoms with Crippen LogP contribution in [-0.4, -0.2) is 74.4 Å². The summed E-state index contributed by atoms with van der Waals surface area (Å²) in [5.41, 5.74) is 3.44. The Morgan fingerprint density at radius 1 is 1.21 bits per heavy atom. The van der Waals surface area contributed by atoms with Gasteiger partial charge in [0, 0.05) is 29.1 Å². The lowest BCUT2D eigenvalue weighted by atomic mass is 9.86. The highest BCUT2D eigenvalue weighted by atomic mass is 35.5. The number of hydrogen-bond acceptors (Lipinski definition) is 7. The molecule has 8 nitrogen and oxygen atoms in total. The molecule has 6 rings (SSSR count). The average Bonchev–Trinajstić information content (AvgIpc) is 3.47. The Bertz CT molecular complexity index is 1220. The third kappa shape index (κ3) is 4.04. The molecule has 0 bridgehead atoms. The molecule has 4 heterocycles. The predicted molar refractivity (Wildman–Crippen MR) is 128 cm³/mol. The van der Waals surface area contributed by atoms with Gasteiger partial charge in [0.2, 0.25) is 5.95 Å². The first-order chi connectivity index (χ1) is 16.5. The number of aliphatic hydroxyl groups excluding tert-OH is 1. The number of benzene rings is 1. The van der Waals surface area contributed by atoms with Crippen LogP contribution in [0.15, 0.2) is 24.5 Å². The summed E-state index contributed by atoms with van der Waals surface area (Å²) in [4.78, 5) is 11.1. The number of aromatic nitrogens is 4. The van der Waals surface area contributed by atoms with Crippen molar-refractivity contribution in [3.05, 3.63) is 40.8 Å². The maximum Gasteiger partial charge on any atom is 0.227 e. The summed E-state index contributed by atoms with van der Waals surface area (Å²) in [5.74, 6) is 0.152. The summed E-state index contributed by atoms with van der Waals surface area (Å²) in [7, 11) is 0. The first-order valence-electron chi connectivity index (χ1n) is 11.9. The minimum Gasteiger partial charge on any atom is -0.389 e. The van der Waals surface area contributed by atoms with Crippen LogP contribution in [0.25, 0.3) is 10.9 Å². The number of nitrogens with one attached hydrogen (secondary N) is 1. The van der Waals surface area contributed by atoms with Gasteiger partial charge in [0.15, 0.2) is 0 Å². The molecule has 1 aromatic carbocycles. The topological polar surface area (TPSA) is 88.3 Å². The summed E-state index contributed by atoms with van der Waals surface area (Å²) in [6.45, 7) is 3.74. The second-order valence-corrected chi connectivity index (χ2v) is 10.1. The van der Waals surface area contributed by atoms with E-state index in [4.69, 9.17) is 21.3 Å². The third-order valence-corrected chi connectivity index (χ3v) is 7.67. The third-order valence-electron chi connectivity index (χ3n) is 7.34. The number of piperidine rings is 1. The molecule has 3 fully saturated rings. The van der Waals surface area contributed by atoms with E-state index in [9.17, 15) is 5.11 Å². The Morgan fingerprint density at radius 2 is 2.06 bits per heavy atom. The minimum absolute atomic E-state index is 0.139. The van der Waals surface area contributed by atoms with Gasteiger partial charge < -0.3 is 15.2 Å². The van der Waals surface area contributed by atoms with Crippen LogP contribution in [0.1, 0.15) is 42.5 Å². The summed E-state index contributed by atoms with van der Waals surface area (Å²) in [6, 6.07) is 4.08. The fourth-order valence-electron chi connectivity index (χ4n) is 5.23. The van der Waals surface area contributed by atoms with E-state index < -0.39 is 12.3 Å². The van der Waals surface area contributed by atoms with Gasteiger partial charge in [-0.3, -0.25) is 9.58 Å². The van der Waals surface area contributed by atoms with Crippen LogP contribution in [0.5, 0.6) is 0 Å². The Labute approximate surface area is 202 Å². The molecule has 2 saturated heterocycles. The molecule has 10 heteroatoms. The van der Waals surface area contributed by atoms with E-state index in [1.54, 1.807) is 6.20 Å². The number of alkyl halides is 1. The van der Waals surface area contributed by atoms with Crippen molar-refractivity contribution in [2.75, 3.05) is 31.6 Å². The molecular weight excluding hydrogens is 459 g/mol. The maximum absolute atomic E-state index is 15.4. The van der Waals surface area contributed by atoms with Gasteiger partial charge >= 0.3 is 0 Å². The number of aliphatic hydroxyl groups is 1. The van der Waals surface area contributed by atoms with Crippen molar-refractivity contribution in [1.82, 2.24) is 24.6 Å². The fraction of sp³-hybridized carbons (Fsp3) is 0.542. The summed E-state index contributed by atoms with van der Waals surface area (Å²) < 4.78 is 22.8. The Kier molecular flexibility index (Phi) is 5.68. The van der Waals surface area contributed by atoms with Gasteiger partial charge in [-0.15, -0.1) is 0 Å². The van der Waals surface area contributed by atoms with E-state index in [-0.39, 0.29) is 18.5 Å². The van der Waals surface area contributed by atoms with E-state index in [2.05, 4.69) is 15.4 Å². The van der Waals surface area contributed by atoms with Crippen molar-refractivity contribution in [2.24, 2.45) is 0 Å². The second-order valence-electron chi connectivity index (χ2n) is 9.65. The molecule has 3 aromatic rings. The van der Waals surface area contributed by atoms with Crippen LogP contribution >= 0.6 is 11.6 Å². The lowest BCUT2D eigenvalue weighted by Gasteiger charge is -2.39. The molecule has 1 aliphatic carbocycles. The average molecular weight is 487 g/mol. The van der Waals surface area contributed by atoms with Gasteiger partial charge in [0.25, 0.3) is 0 Å². The lowest BCUT2D eigenvalue weighted by molar-refractivity contribution is 0.0353. The molecule has 3 aliphatic rings. The monoisotopic (exact) mass is 486 g/mol. The fourth-order valence-corrected chi connectivity index (χ4v) is 5.54. The van der Waals surface area contributed by atoms with Crippen LogP contribution in [0.4, 0.5) is 16.0 Å². The smallest absolute Gasteiger partial charge is 0.227 e. The molecule has 180 valence electrons. The molecule has 2 aromatic heterocycles. The zero-order valence-electron chi connectivity index (χ0n) is 19.0. The number of halogens is 2. The molecule has 1 saturated carbocycles. The largest absolute Gasteiger partial charge is 0.389 e.